The molecule has 1 aliphatic carbocycles. The molecule has 1 aromatic heterocycles. The van der Waals surface area contributed by atoms with E-state index in [2.05, 4.69) is 23.4 Å². The molecule has 17 heavy (non-hydrogen) atoms. The van der Waals surface area contributed by atoms with Crippen molar-refractivity contribution in [1.29, 1.82) is 0 Å². The summed E-state index contributed by atoms with van der Waals surface area (Å²) in [5.41, 5.74) is -0.523. The van der Waals surface area contributed by atoms with E-state index < -0.39 is 5.60 Å². The normalized spacial score (nSPS) is 29.5. The van der Waals surface area contributed by atoms with Crippen molar-refractivity contribution in [3.63, 3.8) is 0 Å². The standard InChI is InChI=1S/C14H24N2O/c1-3-12-7-5-6-8-14(12,17)11-13-15-9-10-16(13)4-2/h9-10,12,17H,3-8,11H2,1-2H3. The van der Waals surface area contributed by atoms with Gasteiger partial charge in [-0.25, -0.2) is 4.98 Å². The van der Waals surface area contributed by atoms with Gasteiger partial charge in [0.1, 0.15) is 5.82 Å². The van der Waals surface area contributed by atoms with Crippen molar-refractivity contribution in [2.45, 2.75) is 64.5 Å². The minimum atomic E-state index is -0.523. The fraction of sp³-hybridized carbons (Fsp3) is 0.786. The summed E-state index contributed by atoms with van der Waals surface area (Å²) in [4.78, 5) is 4.40. The van der Waals surface area contributed by atoms with Crippen molar-refractivity contribution in [3.05, 3.63) is 18.2 Å². The lowest BCUT2D eigenvalue weighted by Crippen LogP contribution is -2.43. The summed E-state index contributed by atoms with van der Waals surface area (Å²) >= 11 is 0. The molecule has 0 amide bonds. The highest BCUT2D eigenvalue weighted by molar-refractivity contribution is 5.02. The van der Waals surface area contributed by atoms with Gasteiger partial charge < -0.3 is 9.67 Å². The second-order valence-electron chi connectivity index (χ2n) is 5.26. The van der Waals surface area contributed by atoms with Crippen LogP contribution in [-0.2, 0) is 13.0 Å². The van der Waals surface area contributed by atoms with Crippen LogP contribution in [0.3, 0.4) is 0 Å². The van der Waals surface area contributed by atoms with Gasteiger partial charge in [-0.05, 0) is 25.7 Å². The minimum absolute atomic E-state index is 0.443. The molecule has 0 aliphatic heterocycles. The first-order chi connectivity index (χ1) is 8.19. The predicted octanol–water partition coefficient (Wildman–Crippen LogP) is 2.78. The molecule has 1 saturated carbocycles. The predicted molar refractivity (Wildman–Crippen MR) is 68.8 cm³/mol. The van der Waals surface area contributed by atoms with Crippen LogP contribution in [0.15, 0.2) is 12.4 Å². The highest BCUT2D eigenvalue weighted by Crippen LogP contribution is 2.37. The Balaban J connectivity index is 2.14. The van der Waals surface area contributed by atoms with Gasteiger partial charge in [0.05, 0.1) is 5.60 Å². The molecule has 1 fully saturated rings. The smallest absolute Gasteiger partial charge is 0.111 e. The van der Waals surface area contributed by atoms with Gasteiger partial charge in [-0.3, -0.25) is 0 Å². The second-order valence-corrected chi connectivity index (χ2v) is 5.26. The largest absolute Gasteiger partial charge is 0.389 e. The Bertz CT molecular complexity index is 361. The Morgan fingerprint density at radius 2 is 2.29 bits per heavy atom. The van der Waals surface area contributed by atoms with E-state index in [0.29, 0.717) is 12.3 Å². The van der Waals surface area contributed by atoms with Crippen molar-refractivity contribution < 1.29 is 5.11 Å². The first-order valence-electron chi connectivity index (χ1n) is 6.92. The highest BCUT2D eigenvalue weighted by Gasteiger charge is 2.38. The number of rotatable bonds is 4. The number of imidazole rings is 1. The maximum absolute atomic E-state index is 10.9. The monoisotopic (exact) mass is 236 g/mol. The Morgan fingerprint density at radius 3 is 3.00 bits per heavy atom. The van der Waals surface area contributed by atoms with Gasteiger partial charge in [0.15, 0.2) is 0 Å². The summed E-state index contributed by atoms with van der Waals surface area (Å²) in [5, 5.41) is 10.9. The van der Waals surface area contributed by atoms with Crippen LogP contribution in [-0.4, -0.2) is 20.3 Å². The van der Waals surface area contributed by atoms with Gasteiger partial charge in [0.2, 0.25) is 0 Å². The van der Waals surface area contributed by atoms with E-state index >= 15 is 0 Å². The number of aromatic nitrogens is 2. The van der Waals surface area contributed by atoms with Crippen molar-refractivity contribution in [1.82, 2.24) is 9.55 Å². The van der Waals surface area contributed by atoms with Crippen LogP contribution in [0.5, 0.6) is 0 Å². The van der Waals surface area contributed by atoms with Gasteiger partial charge in [-0.15, -0.1) is 0 Å². The third kappa shape index (κ3) is 2.54. The molecular weight excluding hydrogens is 212 g/mol. The van der Waals surface area contributed by atoms with Gasteiger partial charge in [0.25, 0.3) is 0 Å². The summed E-state index contributed by atoms with van der Waals surface area (Å²) in [7, 11) is 0. The second kappa shape index (κ2) is 5.21. The van der Waals surface area contributed by atoms with Gasteiger partial charge in [-0.2, -0.15) is 0 Å². The maximum atomic E-state index is 10.9. The molecule has 2 rings (SSSR count). The lowest BCUT2D eigenvalue weighted by atomic mass is 9.72. The molecular formula is C14H24N2O. The van der Waals surface area contributed by atoms with E-state index in [1.165, 1.54) is 12.8 Å². The fourth-order valence-electron chi connectivity index (χ4n) is 3.18. The Kier molecular flexibility index (Phi) is 3.87. The molecule has 0 spiro atoms. The zero-order chi connectivity index (χ0) is 12.3. The zero-order valence-electron chi connectivity index (χ0n) is 11.0. The molecule has 0 bridgehead atoms. The molecule has 96 valence electrons. The van der Waals surface area contributed by atoms with E-state index in [-0.39, 0.29) is 0 Å². The van der Waals surface area contributed by atoms with Crippen LogP contribution < -0.4 is 0 Å². The average Bonchev–Trinajstić information content (AvgIpc) is 2.76. The van der Waals surface area contributed by atoms with Crippen LogP contribution in [0.2, 0.25) is 0 Å². The van der Waals surface area contributed by atoms with E-state index in [4.69, 9.17) is 0 Å². The summed E-state index contributed by atoms with van der Waals surface area (Å²) in [6.45, 7) is 5.24. The molecule has 0 saturated heterocycles. The molecule has 1 aromatic rings. The number of nitrogens with zero attached hydrogens (tertiary/aromatic N) is 2. The maximum Gasteiger partial charge on any atom is 0.111 e. The average molecular weight is 236 g/mol. The van der Waals surface area contributed by atoms with Crippen LogP contribution in [0.25, 0.3) is 0 Å². The minimum Gasteiger partial charge on any atom is -0.389 e. The molecule has 2 atom stereocenters. The van der Waals surface area contributed by atoms with Crippen molar-refractivity contribution in [2.24, 2.45) is 5.92 Å². The van der Waals surface area contributed by atoms with E-state index in [0.717, 1.165) is 31.6 Å². The first kappa shape index (κ1) is 12.6. The summed E-state index contributed by atoms with van der Waals surface area (Å²) in [5.74, 6) is 1.48. The first-order valence-corrected chi connectivity index (χ1v) is 6.92. The Labute approximate surface area is 104 Å². The van der Waals surface area contributed by atoms with Crippen LogP contribution in [0, 0.1) is 5.92 Å². The van der Waals surface area contributed by atoms with Gasteiger partial charge in [0, 0.05) is 25.4 Å². The van der Waals surface area contributed by atoms with E-state index in [1.54, 1.807) is 0 Å². The van der Waals surface area contributed by atoms with Crippen molar-refractivity contribution >= 4 is 0 Å². The Hall–Kier alpha value is -0.830. The molecule has 0 radical (unpaired) electrons. The quantitative estimate of drug-likeness (QED) is 0.873. The highest BCUT2D eigenvalue weighted by atomic mass is 16.3. The molecule has 0 aromatic carbocycles. The van der Waals surface area contributed by atoms with Crippen LogP contribution in [0.1, 0.15) is 51.8 Å². The summed E-state index contributed by atoms with van der Waals surface area (Å²) in [6.07, 6.45) is 10.1. The van der Waals surface area contributed by atoms with Crippen LogP contribution in [0.4, 0.5) is 0 Å². The third-order valence-electron chi connectivity index (χ3n) is 4.27. The molecule has 2 unspecified atom stereocenters. The lowest BCUT2D eigenvalue weighted by molar-refractivity contribution is -0.0510. The topological polar surface area (TPSA) is 38.1 Å². The third-order valence-corrected chi connectivity index (χ3v) is 4.27. The number of hydrogen-bond acceptors (Lipinski definition) is 2. The van der Waals surface area contributed by atoms with E-state index in [9.17, 15) is 5.11 Å². The van der Waals surface area contributed by atoms with Crippen LogP contribution >= 0.6 is 0 Å². The van der Waals surface area contributed by atoms with Crippen molar-refractivity contribution in [3.8, 4) is 0 Å². The van der Waals surface area contributed by atoms with E-state index in [1.807, 2.05) is 12.4 Å². The SMILES string of the molecule is CCC1CCCCC1(O)Cc1nccn1CC. The Morgan fingerprint density at radius 1 is 1.47 bits per heavy atom. The molecule has 1 N–H and O–H groups in total. The number of aliphatic hydroxyl groups is 1. The zero-order valence-corrected chi connectivity index (χ0v) is 11.0. The molecule has 1 heterocycles. The number of hydrogen-bond donors (Lipinski definition) is 1. The summed E-state index contributed by atoms with van der Waals surface area (Å²) in [6, 6.07) is 0. The number of aryl methyl sites for hydroxylation is 1. The molecule has 3 nitrogen and oxygen atoms in total. The lowest BCUT2D eigenvalue weighted by Gasteiger charge is -2.39. The van der Waals surface area contributed by atoms with Crippen molar-refractivity contribution in [2.75, 3.05) is 0 Å². The molecule has 1 aliphatic rings. The van der Waals surface area contributed by atoms with Gasteiger partial charge >= 0.3 is 0 Å². The van der Waals surface area contributed by atoms with Gasteiger partial charge in [-0.1, -0.05) is 26.2 Å². The summed E-state index contributed by atoms with van der Waals surface area (Å²) < 4.78 is 2.14. The molecule has 3 heteroatoms. The fourth-order valence-corrected chi connectivity index (χ4v) is 3.18.